The minimum absolute atomic E-state index is 0.250. The van der Waals surface area contributed by atoms with Crippen molar-refractivity contribution in [1.82, 2.24) is 0 Å². The highest BCUT2D eigenvalue weighted by Crippen LogP contribution is 2.60. The molecule has 0 aromatic carbocycles. The average Bonchev–Trinajstić information content (AvgIpc) is 2.21. The second-order valence-electron chi connectivity index (χ2n) is 3.00. The van der Waals surface area contributed by atoms with Gasteiger partial charge in [0.1, 0.15) is 0 Å². The van der Waals surface area contributed by atoms with Crippen molar-refractivity contribution in [3.05, 3.63) is 0 Å². The van der Waals surface area contributed by atoms with Crippen molar-refractivity contribution in [2.45, 2.75) is 37.9 Å². The van der Waals surface area contributed by atoms with Crippen molar-refractivity contribution in [2.75, 3.05) is 0 Å². The Hall–Kier alpha value is 0.0800. The quantitative estimate of drug-likeness (QED) is 0.537. The molecule has 3 nitrogen and oxygen atoms in total. The molecule has 0 N–H and O–H groups in total. The van der Waals surface area contributed by atoms with Crippen LogP contribution in [0.1, 0.15) is 25.7 Å². The van der Waals surface area contributed by atoms with E-state index in [1.165, 1.54) is 0 Å². The van der Waals surface area contributed by atoms with Gasteiger partial charge in [-0.25, -0.2) is 4.57 Å². The van der Waals surface area contributed by atoms with Crippen LogP contribution in [0.15, 0.2) is 0 Å². The maximum Gasteiger partial charge on any atom is 0.513 e. The molecule has 1 saturated carbocycles. The molecule has 2 rings (SSSR count). The molecule has 0 aromatic heterocycles. The molecule has 2 unspecified atom stereocenters. The van der Waals surface area contributed by atoms with Crippen LogP contribution in [0.25, 0.3) is 0 Å². The number of fused-ring (bicyclic) bond motifs is 1. The van der Waals surface area contributed by atoms with E-state index in [1.54, 1.807) is 0 Å². The van der Waals surface area contributed by atoms with Gasteiger partial charge in [0.2, 0.25) is 0 Å². The van der Waals surface area contributed by atoms with E-state index in [2.05, 4.69) is 9.05 Å². The van der Waals surface area contributed by atoms with Crippen LogP contribution in [-0.4, -0.2) is 12.2 Å². The number of halogens is 1. The zero-order valence-corrected chi connectivity index (χ0v) is 6.93. The van der Waals surface area contributed by atoms with Gasteiger partial charge in [0.15, 0.2) is 0 Å². The van der Waals surface area contributed by atoms with E-state index >= 15 is 0 Å². The third-order valence-corrected chi connectivity index (χ3v) is 3.21. The van der Waals surface area contributed by atoms with Crippen LogP contribution in [0.5, 0.6) is 0 Å². The summed E-state index contributed by atoms with van der Waals surface area (Å²) < 4.78 is 32.5. The Kier molecular flexibility index (Phi) is 1.78. The first-order chi connectivity index (χ1) is 5.17. The van der Waals surface area contributed by atoms with Crippen LogP contribution in [-0.2, 0) is 13.6 Å². The molecule has 0 spiro atoms. The van der Waals surface area contributed by atoms with E-state index in [1.807, 2.05) is 0 Å². The lowest BCUT2D eigenvalue weighted by Gasteiger charge is -2.19. The first kappa shape index (κ1) is 7.71. The van der Waals surface area contributed by atoms with E-state index in [-0.39, 0.29) is 12.2 Å². The van der Waals surface area contributed by atoms with Crippen molar-refractivity contribution in [1.29, 1.82) is 0 Å². The fourth-order valence-corrected chi connectivity index (χ4v) is 2.83. The molecule has 2 atom stereocenters. The van der Waals surface area contributed by atoms with Crippen molar-refractivity contribution in [2.24, 2.45) is 0 Å². The lowest BCUT2D eigenvalue weighted by Crippen LogP contribution is -2.25. The maximum atomic E-state index is 12.6. The van der Waals surface area contributed by atoms with E-state index in [9.17, 15) is 8.76 Å². The minimum Gasteiger partial charge on any atom is -0.277 e. The predicted octanol–water partition coefficient (Wildman–Crippen LogP) is 2.42. The highest BCUT2D eigenvalue weighted by molar-refractivity contribution is 7.48. The van der Waals surface area contributed by atoms with Crippen molar-refractivity contribution in [3.63, 3.8) is 0 Å². The van der Waals surface area contributed by atoms with Crippen LogP contribution in [0, 0.1) is 0 Å². The molecule has 0 radical (unpaired) electrons. The van der Waals surface area contributed by atoms with Crippen LogP contribution >= 0.6 is 7.91 Å². The van der Waals surface area contributed by atoms with Gasteiger partial charge in [0.25, 0.3) is 0 Å². The second kappa shape index (κ2) is 2.54. The van der Waals surface area contributed by atoms with E-state index in [4.69, 9.17) is 0 Å². The van der Waals surface area contributed by atoms with Crippen molar-refractivity contribution >= 4 is 7.91 Å². The van der Waals surface area contributed by atoms with Gasteiger partial charge in [0.05, 0.1) is 12.2 Å². The fourth-order valence-electron chi connectivity index (χ4n) is 1.65. The Morgan fingerprint density at radius 3 is 2.09 bits per heavy atom. The first-order valence-electron chi connectivity index (χ1n) is 3.84. The lowest BCUT2D eigenvalue weighted by molar-refractivity contribution is 0.110. The third kappa shape index (κ3) is 1.48. The Morgan fingerprint density at radius 2 is 1.64 bits per heavy atom. The molecule has 1 aliphatic carbocycles. The molecule has 2 aliphatic rings. The molecule has 11 heavy (non-hydrogen) atoms. The highest BCUT2D eigenvalue weighted by Gasteiger charge is 2.45. The van der Waals surface area contributed by atoms with Gasteiger partial charge in [0, 0.05) is 0 Å². The number of rotatable bonds is 0. The maximum absolute atomic E-state index is 12.6. The monoisotopic (exact) mass is 180 g/mol. The molecule has 0 amide bonds. The Morgan fingerprint density at radius 1 is 1.18 bits per heavy atom. The molecule has 0 bridgehead atoms. The smallest absolute Gasteiger partial charge is 0.277 e. The van der Waals surface area contributed by atoms with Gasteiger partial charge < -0.3 is 0 Å². The standard InChI is InChI=1S/C6H10FO3P/c7-11(8)9-5-3-1-2-4-6(5)10-11/h5-6H,1-4H2. The zero-order valence-electron chi connectivity index (χ0n) is 6.03. The summed E-state index contributed by atoms with van der Waals surface area (Å²) in [6, 6.07) is 0. The van der Waals surface area contributed by atoms with Crippen LogP contribution < -0.4 is 0 Å². The fraction of sp³-hybridized carbons (Fsp3) is 1.00. The van der Waals surface area contributed by atoms with Gasteiger partial charge in [-0.15, -0.1) is 4.20 Å². The molecule has 0 aromatic rings. The summed E-state index contributed by atoms with van der Waals surface area (Å²) in [4.78, 5) is 0. The Bertz CT molecular complexity index is 190. The Labute approximate surface area is 64.5 Å². The van der Waals surface area contributed by atoms with Crippen molar-refractivity contribution < 1.29 is 17.8 Å². The average molecular weight is 180 g/mol. The molecule has 1 heterocycles. The summed E-state index contributed by atoms with van der Waals surface area (Å²) in [7, 11) is -4.15. The van der Waals surface area contributed by atoms with E-state index in [0.29, 0.717) is 0 Å². The minimum atomic E-state index is -4.15. The number of hydrogen-bond donors (Lipinski definition) is 0. The van der Waals surface area contributed by atoms with Gasteiger partial charge in [-0.05, 0) is 12.8 Å². The molecule has 1 saturated heterocycles. The topological polar surface area (TPSA) is 35.5 Å². The summed E-state index contributed by atoms with van der Waals surface area (Å²) in [5.41, 5.74) is 0. The summed E-state index contributed by atoms with van der Waals surface area (Å²) in [6.45, 7) is 0. The first-order valence-corrected chi connectivity index (χ1v) is 5.27. The van der Waals surface area contributed by atoms with Crippen LogP contribution in [0.2, 0.25) is 0 Å². The molecule has 2 fully saturated rings. The molecule has 64 valence electrons. The predicted molar refractivity (Wildman–Crippen MR) is 36.9 cm³/mol. The largest absolute Gasteiger partial charge is 0.513 e. The molecular weight excluding hydrogens is 170 g/mol. The van der Waals surface area contributed by atoms with Gasteiger partial charge in [-0.1, -0.05) is 12.8 Å². The van der Waals surface area contributed by atoms with E-state index in [0.717, 1.165) is 25.7 Å². The zero-order chi connectivity index (χ0) is 7.90. The third-order valence-electron chi connectivity index (χ3n) is 2.16. The van der Waals surface area contributed by atoms with E-state index < -0.39 is 7.91 Å². The second-order valence-corrected chi connectivity index (χ2v) is 4.29. The lowest BCUT2D eigenvalue weighted by atomic mass is 9.95. The van der Waals surface area contributed by atoms with Gasteiger partial charge >= 0.3 is 7.91 Å². The Balaban J connectivity index is 2.09. The SMILES string of the molecule is O=P1(F)OC2CCCCC2O1. The molecular formula is C6H10FO3P. The summed E-state index contributed by atoms with van der Waals surface area (Å²) >= 11 is 0. The van der Waals surface area contributed by atoms with Crippen LogP contribution in [0.3, 0.4) is 0 Å². The van der Waals surface area contributed by atoms with Gasteiger partial charge in [-0.2, -0.15) is 0 Å². The molecule has 1 aliphatic heterocycles. The highest BCUT2D eigenvalue weighted by atomic mass is 31.2. The van der Waals surface area contributed by atoms with Gasteiger partial charge in [-0.3, -0.25) is 9.05 Å². The molecule has 5 heteroatoms. The van der Waals surface area contributed by atoms with Crippen molar-refractivity contribution in [3.8, 4) is 0 Å². The number of hydrogen-bond acceptors (Lipinski definition) is 3. The van der Waals surface area contributed by atoms with Crippen LogP contribution in [0.4, 0.5) is 4.20 Å². The summed E-state index contributed by atoms with van der Waals surface area (Å²) in [5.74, 6) is 0. The summed E-state index contributed by atoms with van der Waals surface area (Å²) in [5, 5.41) is 0. The summed E-state index contributed by atoms with van der Waals surface area (Å²) in [6.07, 6.45) is 3.09. The normalized spacial score (nSPS) is 50.6.